The topological polar surface area (TPSA) is 0 Å². The van der Waals surface area contributed by atoms with Crippen molar-refractivity contribution >= 4 is 10.8 Å². The Hall–Kier alpha value is -1.56. The first-order chi connectivity index (χ1) is 14.4. The summed E-state index contributed by atoms with van der Waals surface area (Å²) in [6.07, 6.45) is 25.8. The van der Waals surface area contributed by atoms with Gasteiger partial charge in [0.15, 0.2) is 0 Å². The fourth-order valence-corrected chi connectivity index (χ4v) is 4.41. The molecule has 0 bridgehead atoms. The number of fused-ring (bicyclic) bond motifs is 1. The molecule has 0 heterocycles. The normalized spacial score (nSPS) is 11.2. The molecule has 0 unspecified atom stereocenters. The molecule has 0 N–H and O–H groups in total. The zero-order chi connectivity index (χ0) is 20.4. The lowest BCUT2D eigenvalue weighted by Crippen LogP contribution is -1.88. The van der Waals surface area contributed by atoms with Gasteiger partial charge in [-0.15, -0.1) is 6.58 Å². The van der Waals surface area contributed by atoms with Gasteiger partial charge in [0.2, 0.25) is 0 Å². The van der Waals surface area contributed by atoms with E-state index in [1.165, 1.54) is 125 Å². The number of rotatable bonds is 18. The van der Waals surface area contributed by atoms with Crippen molar-refractivity contribution in [1.29, 1.82) is 0 Å². The molecule has 0 saturated carbocycles. The summed E-state index contributed by atoms with van der Waals surface area (Å²) < 4.78 is 0. The molecule has 0 fully saturated rings. The maximum atomic E-state index is 3.79. The summed E-state index contributed by atoms with van der Waals surface area (Å²) in [5.41, 5.74) is 1.53. The van der Waals surface area contributed by atoms with Crippen molar-refractivity contribution in [2.45, 2.75) is 109 Å². The van der Waals surface area contributed by atoms with Crippen LogP contribution in [0.4, 0.5) is 0 Å². The third-order valence-electron chi connectivity index (χ3n) is 6.23. The lowest BCUT2D eigenvalue weighted by Gasteiger charge is -2.07. The van der Waals surface area contributed by atoms with Crippen LogP contribution in [-0.2, 0) is 6.42 Å². The quantitative estimate of drug-likeness (QED) is 0.175. The van der Waals surface area contributed by atoms with Crippen LogP contribution in [0.25, 0.3) is 10.8 Å². The average Bonchev–Trinajstić information content (AvgIpc) is 2.76. The fraction of sp³-hybridized carbons (Fsp3) is 0.586. The van der Waals surface area contributed by atoms with Gasteiger partial charge in [-0.2, -0.15) is 0 Å². The van der Waals surface area contributed by atoms with Gasteiger partial charge < -0.3 is 0 Å². The Balaban J connectivity index is 1.35. The lowest BCUT2D eigenvalue weighted by molar-refractivity contribution is 0.531. The van der Waals surface area contributed by atoms with Crippen molar-refractivity contribution in [3.63, 3.8) is 0 Å². The molecule has 0 aliphatic heterocycles. The highest BCUT2D eigenvalue weighted by molar-refractivity contribution is 5.85. The summed E-state index contributed by atoms with van der Waals surface area (Å²) in [4.78, 5) is 0. The zero-order valence-corrected chi connectivity index (χ0v) is 18.8. The number of unbranched alkanes of at least 4 members (excludes halogenated alkanes) is 15. The second kappa shape index (κ2) is 16.3. The van der Waals surface area contributed by atoms with Gasteiger partial charge in [-0.1, -0.05) is 132 Å². The summed E-state index contributed by atoms with van der Waals surface area (Å²) in [6, 6.07) is 15.5. The van der Waals surface area contributed by atoms with Gasteiger partial charge >= 0.3 is 0 Å². The van der Waals surface area contributed by atoms with Crippen LogP contribution >= 0.6 is 0 Å². The van der Waals surface area contributed by atoms with Gasteiger partial charge in [0.25, 0.3) is 0 Å². The van der Waals surface area contributed by atoms with Crippen molar-refractivity contribution in [2.75, 3.05) is 0 Å². The minimum Gasteiger partial charge on any atom is -0.103 e. The highest BCUT2D eigenvalue weighted by Gasteiger charge is 2.00. The van der Waals surface area contributed by atoms with E-state index in [0.29, 0.717) is 0 Å². The van der Waals surface area contributed by atoms with Crippen LogP contribution in [0.1, 0.15) is 108 Å². The largest absolute Gasteiger partial charge is 0.103 e. The van der Waals surface area contributed by atoms with Crippen LogP contribution < -0.4 is 0 Å². The molecule has 0 aromatic heterocycles. The molecule has 0 saturated heterocycles. The fourth-order valence-electron chi connectivity index (χ4n) is 4.41. The van der Waals surface area contributed by atoms with Gasteiger partial charge in [0.1, 0.15) is 0 Å². The van der Waals surface area contributed by atoms with Gasteiger partial charge in [-0.05, 0) is 42.0 Å². The van der Waals surface area contributed by atoms with Crippen molar-refractivity contribution < 1.29 is 0 Å². The van der Waals surface area contributed by atoms with E-state index in [1.54, 1.807) is 0 Å². The van der Waals surface area contributed by atoms with Gasteiger partial charge in [0.05, 0.1) is 0 Å². The zero-order valence-electron chi connectivity index (χ0n) is 18.8. The van der Waals surface area contributed by atoms with Crippen molar-refractivity contribution in [3.8, 4) is 0 Å². The molecule has 2 aromatic rings. The van der Waals surface area contributed by atoms with E-state index in [4.69, 9.17) is 0 Å². The van der Waals surface area contributed by atoms with E-state index < -0.39 is 0 Å². The monoisotopic (exact) mass is 392 g/mol. The standard InChI is InChI=1S/C29H44/c1-2-3-4-5-6-7-8-9-10-11-12-13-14-15-16-17-18-22-27-24-21-25-28-23-19-20-26-29(27)28/h2,19-21,23-26H,1,3-18,22H2. The second-order valence-corrected chi connectivity index (χ2v) is 8.77. The Morgan fingerprint density at radius 2 is 1.00 bits per heavy atom. The van der Waals surface area contributed by atoms with E-state index >= 15 is 0 Å². The Kier molecular flexibility index (Phi) is 13.3. The van der Waals surface area contributed by atoms with E-state index in [0.717, 1.165) is 0 Å². The molecule has 0 heteroatoms. The highest BCUT2D eigenvalue weighted by Crippen LogP contribution is 2.21. The summed E-state index contributed by atoms with van der Waals surface area (Å²) in [7, 11) is 0. The van der Waals surface area contributed by atoms with Crippen LogP contribution in [0.3, 0.4) is 0 Å². The Bertz CT molecular complexity index is 649. The van der Waals surface area contributed by atoms with Crippen molar-refractivity contribution in [2.24, 2.45) is 0 Å². The van der Waals surface area contributed by atoms with E-state index in [2.05, 4.69) is 49.0 Å². The third-order valence-corrected chi connectivity index (χ3v) is 6.23. The molecule has 0 aliphatic carbocycles. The first-order valence-electron chi connectivity index (χ1n) is 12.5. The molecule has 0 nitrogen and oxygen atoms in total. The Labute approximate surface area is 180 Å². The van der Waals surface area contributed by atoms with Gasteiger partial charge in [0, 0.05) is 0 Å². The summed E-state index contributed by atoms with van der Waals surface area (Å²) in [6.45, 7) is 3.79. The molecule has 0 atom stereocenters. The van der Waals surface area contributed by atoms with Crippen LogP contribution in [0, 0.1) is 0 Å². The highest BCUT2D eigenvalue weighted by atomic mass is 14.1. The van der Waals surface area contributed by atoms with E-state index in [9.17, 15) is 0 Å². The predicted octanol–water partition coefficient (Wildman–Crippen LogP) is 9.81. The molecule has 0 amide bonds. The predicted molar refractivity (Wildman–Crippen MR) is 132 cm³/mol. The Morgan fingerprint density at radius 3 is 1.59 bits per heavy atom. The van der Waals surface area contributed by atoms with Crippen LogP contribution in [0.15, 0.2) is 55.1 Å². The number of allylic oxidation sites excluding steroid dienone is 1. The SMILES string of the molecule is C=CCCCCCCCCCCCCCCCCCc1cccc2ccccc12. The third kappa shape index (κ3) is 10.7. The average molecular weight is 393 g/mol. The molecule has 0 radical (unpaired) electrons. The van der Waals surface area contributed by atoms with E-state index in [1.807, 2.05) is 6.08 Å². The minimum atomic E-state index is 1.20. The maximum Gasteiger partial charge on any atom is -0.0152 e. The lowest BCUT2D eigenvalue weighted by atomic mass is 9.99. The first kappa shape index (κ1) is 23.7. The number of hydrogen-bond acceptors (Lipinski definition) is 0. The minimum absolute atomic E-state index is 1.20. The number of benzene rings is 2. The van der Waals surface area contributed by atoms with E-state index in [-0.39, 0.29) is 0 Å². The molecule has 2 rings (SSSR count). The number of aryl methyl sites for hydroxylation is 1. The molecule has 2 aromatic carbocycles. The van der Waals surface area contributed by atoms with Crippen molar-refractivity contribution in [1.82, 2.24) is 0 Å². The smallest absolute Gasteiger partial charge is 0.0152 e. The molecule has 160 valence electrons. The molecular weight excluding hydrogens is 348 g/mol. The number of hydrogen-bond donors (Lipinski definition) is 0. The van der Waals surface area contributed by atoms with Crippen LogP contribution in [0.5, 0.6) is 0 Å². The first-order valence-corrected chi connectivity index (χ1v) is 12.5. The van der Waals surface area contributed by atoms with Gasteiger partial charge in [-0.25, -0.2) is 0 Å². The molecule has 0 aliphatic rings. The van der Waals surface area contributed by atoms with Crippen molar-refractivity contribution in [3.05, 3.63) is 60.7 Å². The van der Waals surface area contributed by atoms with Crippen LogP contribution in [-0.4, -0.2) is 0 Å². The Morgan fingerprint density at radius 1 is 0.517 bits per heavy atom. The van der Waals surface area contributed by atoms with Gasteiger partial charge in [-0.3, -0.25) is 0 Å². The molecular formula is C29H44. The molecule has 0 spiro atoms. The molecule has 29 heavy (non-hydrogen) atoms. The second-order valence-electron chi connectivity index (χ2n) is 8.77. The summed E-state index contributed by atoms with van der Waals surface area (Å²) in [5.74, 6) is 0. The summed E-state index contributed by atoms with van der Waals surface area (Å²) >= 11 is 0. The van der Waals surface area contributed by atoms with Crippen LogP contribution in [0.2, 0.25) is 0 Å². The maximum absolute atomic E-state index is 3.79. The summed E-state index contributed by atoms with van der Waals surface area (Å²) in [5, 5.41) is 2.83.